The van der Waals surface area contributed by atoms with Crippen LogP contribution in [0.15, 0.2) is 24.3 Å². The Bertz CT molecular complexity index is 724. The van der Waals surface area contributed by atoms with Crippen LogP contribution in [0.4, 0.5) is 4.79 Å². The number of carbonyl (C=O) groups excluding carboxylic acids is 3. The van der Waals surface area contributed by atoms with Crippen molar-refractivity contribution in [1.29, 1.82) is 0 Å². The summed E-state index contributed by atoms with van der Waals surface area (Å²) in [4.78, 5) is 39.8. The van der Waals surface area contributed by atoms with Gasteiger partial charge >= 0.3 is 12.0 Å². The van der Waals surface area contributed by atoms with Gasteiger partial charge in [0.05, 0.1) is 20.3 Å². The zero-order valence-electron chi connectivity index (χ0n) is 14.4. The van der Waals surface area contributed by atoms with Gasteiger partial charge in [0.15, 0.2) is 0 Å². The lowest BCUT2D eigenvalue weighted by Gasteiger charge is -2.26. The van der Waals surface area contributed by atoms with E-state index in [1.807, 2.05) is 18.2 Å². The molecule has 9 heteroatoms. The number of esters is 1. The first-order valence-corrected chi connectivity index (χ1v) is 9.73. The van der Waals surface area contributed by atoms with E-state index in [1.54, 1.807) is 22.7 Å². The molecule has 1 N–H and O–H groups in total. The van der Waals surface area contributed by atoms with Crippen molar-refractivity contribution in [2.24, 2.45) is 0 Å². The first-order valence-electron chi connectivity index (χ1n) is 8.19. The molecule has 0 bridgehead atoms. The van der Waals surface area contributed by atoms with Gasteiger partial charge < -0.3 is 10.1 Å². The second-order valence-electron chi connectivity index (χ2n) is 6.34. The van der Waals surface area contributed by atoms with Crippen LogP contribution in [0.5, 0.6) is 0 Å². The number of carbonyl (C=O) groups is 3. The zero-order chi connectivity index (χ0) is 18.7. The van der Waals surface area contributed by atoms with Gasteiger partial charge in [-0.1, -0.05) is 29.8 Å². The Balaban J connectivity index is 1.77. The molecule has 0 radical (unpaired) electrons. The fourth-order valence-electron chi connectivity index (χ4n) is 3.11. The van der Waals surface area contributed by atoms with Crippen LogP contribution >= 0.6 is 23.4 Å². The molecule has 3 rings (SSSR count). The Kier molecular flexibility index (Phi) is 5.74. The molecule has 7 nitrogen and oxygen atoms in total. The normalized spacial score (nSPS) is 22.3. The molecule has 140 valence electrons. The molecule has 1 aromatic rings. The van der Waals surface area contributed by atoms with Crippen LogP contribution in [-0.4, -0.2) is 65.1 Å². The van der Waals surface area contributed by atoms with Gasteiger partial charge in [0.25, 0.3) is 5.91 Å². The Morgan fingerprint density at radius 3 is 2.85 bits per heavy atom. The number of amides is 3. The molecule has 0 aromatic heterocycles. The molecular weight excluding hydrogens is 378 g/mol. The van der Waals surface area contributed by atoms with Gasteiger partial charge in [-0.15, -0.1) is 0 Å². The molecule has 0 saturated carbocycles. The summed E-state index contributed by atoms with van der Waals surface area (Å²) in [6, 6.07) is 6.83. The number of thioether (sulfide) groups is 1. The minimum Gasteiger partial charge on any atom is -0.468 e. The number of urea groups is 1. The van der Waals surface area contributed by atoms with Gasteiger partial charge in [-0.3, -0.25) is 14.5 Å². The van der Waals surface area contributed by atoms with E-state index in [0.717, 1.165) is 11.3 Å². The largest absolute Gasteiger partial charge is 0.468 e. The molecule has 3 amide bonds. The molecule has 2 aliphatic rings. The van der Waals surface area contributed by atoms with Crippen LogP contribution in [0, 0.1) is 0 Å². The molecule has 26 heavy (non-hydrogen) atoms. The van der Waals surface area contributed by atoms with E-state index < -0.39 is 17.5 Å². The van der Waals surface area contributed by atoms with Gasteiger partial charge in [0.1, 0.15) is 5.54 Å². The van der Waals surface area contributed by atoms with E-state index in [9.17, 15) is 14.4 Å². The number of benzene rings is 1. The lowest BCUT2D eigenvalue weighted by Crippen LogP contribution is -2.48. The van der Waals surface area contributed by atoms with E-state index in [2.05, 4.69) is 5.32 Å². The molecule has 1 unspecified atom stereocenters. The van der Waals surface area contributed by atoms with Crippen molar-refractivity contribution in [3.05, 3.63) is 34.9 Å². The van der Waals surface area contributed by atoms with Crippen LogP contribution in [0.2, 0.25) is 5.02 Å². The SMILES string of the molecule is COC(=O)CN(Cc1ccccc1Cl)CN1C(=O)NC2(CCSC2)C1=O. The highest BCUT2D eigenvalue weighted by Crippen LogP contribution is 2.33. The predicted octanol–water partition coefficient (Wildman–Crippen LogP) is 1.70. The number of halogens is 1. The lowest BCUT2D eigenvalue weighted by atomic mass is 10.00. The van der Waals surface area contributed by atoms with Crippen molar-refractivity contribution in [3.8, 4) is 0 Å². The summed E-state index contributed by atoms with van der Waals surface area (Å²) < 4.78 is 4.74. The zero-order valence-corrected chi connectivity index (χ0v) is 15.9. The fraction of sp³-hybridized carbons (Fsp3) is 0.471. The fourth-order valence-corrected chi connectivity index (χ4v) is 4.63. The highest BCUT2D eigenvalue weighted by molar-refractivity contribution is 7.99. The quantitative estimate of drug-likeness (QED) is 0.581. The predicted molar refractivity (Wildman–Crippen MR) is 98.8 cm³/mol. The summed E-state index contributed by atoms with van der Waals surface area (Å²) in [5, 5.41) is 3.38. The minimum atomic E-state index is -0.803. The maximum Gasteiger partial charge on any atom is 0.326 e. The van der Waals surface area contributed by atoms with Crippen molar-refractivity contribution in [3.63, 3.8) is 0 Å². The molecule has 2 heterocycles. The molecule has 1 atom stereocenters. The van der Waals surface area contributed by atoms with E-state index in [-0.39, 0.29) is 19.1 Å². The second-order valence-corrected chi connectivity index (χ2v) is 7.86. The van der Waals surface area contributed by atoms with Crippen molar-refractivity contribution >= 4 is 41.3 Å². The molecule has 2 fully saturated rings. The van der Waals surface area contributed by atoms with Gasteiger partial charge in [-0.25, -0.2) is 9.69 Å². The number of ether oxygens (including phenoxy) is 1. The molecular formula is C17H20ClN3O4S. The number of nitrogens with zero attached hydrogens (tertiary/aromatic N) is 2. The molecule has 2 aliphatic heterocycles. The Morgan fingerprint density at radius 1 is 1.42 bits per heavy atom. The third-order valence-corrected chi connectivity index (χ3v) is 6.10. The maximum absolute atomic E-state index is 12.8. The van der Waals surface area contributed by atoms with E-state index in [0.29, 0.717) is 23.7 Å². The van der Waals surface area contributed by atoms with Gasteiger partial charge in [-0.2, -0.15) is 11.8 Å². The smallest absolute Gasteiger partial charge is 0.326 e. The highest BCUT2D eigenvalue weighted by atomic mass is 35.5. The van der Waals surface area contributed by atoms with Crippen LogP contribution < -0.4 is 5.32 Å². The highest BCUT2D eigenvalue weighted by Gasteiger charge is 2.53. The van der Waals surface area contributed by atoms with E-state index >= 15 is 0 Å². The first-order chi connectivity index (χ1) is 12.4. The molecule has 2 saturated heterocycles. The third kappa shape index (κ3) is 3.82. The van der Waals surface area contributed by atoms with Crippen LogP contribution in [0.25, 0.3) is 0 Å². The van der Waals surface area contributed by atoms with Crippen LogP contribution in [-0.2, 0) is 20.9 Å². The molecule has 0 aliphatic carbocycles. The number of methoxy groups -OCH3 is 1. The summed E-state index contributed by atoms with van der Waals surface area (Å²) in [6.45, 7) is 0.255. The molecule has 1 spiro atoms. The van der Waals surface area contributed by atoms with Crippen molar-refractivity contribution in [2.75, 3.05) is 31.8 Å². The standard InChI is InChI=1S/C17H20ClN3O4S/c1-25-14(22)9-20(8-12-4-2-3-5-13(12)18)11-21-15(23)17(19-16(21)24)6-7-26-10-17/h2-5H,6-11H2,1H3,(H,19,24). The number of rotatable bonds is 6. The van der Waals surface area contributed by atoms with Crippen LogP contribution in [0.3, 0.4) is 0 Å². The summed E-state index contributed by atoms with van der Waals surface area (Å²) in [5.74, 6) is 0.734. The second kappa shape index (κ2) is 7.85. The topological polar surface area (TPSA) is 79.0 Å². The number of hydrogen-bond donors (Lipinski definition) is 1. The van der Waals surface area contributed by atoms with E-state index in [1.165, 1.54) is 12.0 Å². The Labute approximate surface area is 161 Å². The lowest BCUT2D eigenvalue weighted by molar-refractivity contribution is -0.143. The Morgan fingerprint density at radius 2 is 2.19 bits per heavy atom. The summed E-state index contributed by atoms with van der Waals surface area (Å²) in [5.41, 5.74) is -0.000411. The summed E-state index contributed by atoms with van der Waals surface area (Å²) >= 11 is 7.85. The van der Waals surface area contributed by atoms with Crippen LogP contribution in [0.1, 0.15) is 12.0 Å². The Hall–Kier alpha value is -1.77. The number of hydrogen-bond acceptors (Lipinski definition) is 6. The monoisotopic (exact) mass is 397 g/mol. The maximum atomic E-state index is 12.8. The van der Waals surface area contributed by atoms with E-state index in [4.69, 9.17) is 16.3 Å². The summed E-state index contributed by atoms with van der Waals surface area (Å²) in [6.07, 6.45) is 0.625. The average Bonchev–Trinajstić information content (AvgIpc) is 3.17. The van der Waals surface area contributed by atoms with Gasteiger partial charge in [0.2, 0.25) is 0 Å². The molecule has 1 aromatic carbocycles. The van der Waals surface area contributed by atoms with Crippen molar-refractivity contribution in [2.45, 2.75) is 18.5 Å². The van der Waals surface area contributed by atoms with Crippen molar-refractivity contribution in [1.82, 2.24) is 15.1 Å². The number of nitrogens with one attached hydrogen (secondary N) is 1. The van der Waals surface area contributed by atoms with Gasteiger partial charge in [0, 0.05) is 17.3 Å². The third-order valence-electron chi connectivity index (χ3n) is 4.54. The van der Waals surface area contributed by atoms with Crippen molar-refractivity contribution < 1.29 is 19.1 Å². The number of imide groups is 1. The minimum absolute atomic E-state index is 0.00257. The average molecular weight is 398 g/mol. The van der Waals surface area contributed by atoms with Gasteiger partial charge in [-0.05, 0) is 23.8 Å². The summed E-state index contributed by atoms with van der Waals surface area (Å²) in [7, 11) is 1.30. The first kappa shape index (κ1) is 19.0.